The van der Waals surface area contributed by atoms with Crippen LogP contribution in [0.2, 0.25) is 0 Å². The molecule has 0 spiro atoms. The maximum Gasteiger partial charge on any atom is 0.260 e. The molecule has 1 aromatic rings. The normalized spacial score (nSPS) is 13.8. The van der Waals surface area contributed by atoms with Crippen LogP contribution in [0.5, 0.6) is 5.75 Å². The van der Waals surface area contributed by atoms with Gasteiger partial charge in [0.25, 0.3) is 5.91 Å². The van der Waals surface area contributed by atoms with Gasteiger partial charge in [0.1, 0.15) is 5.75 Å². The third-order valence-electron chi connectivity index (χ3n) is 3.52. The summed E-state index contributed by atoms with van der Waals surface area (Å²) in [5.74, 6) is 0.982. The molecule has 21 heavy (non-hydrogen) atoms. The summed E-state index contributed by atoms with van der Waals surface area (Å²) in [4.78, 5) is 12.1. The molecule has 0 radical (unpaired) electrons. The second-order valence-electron chi connectivity index (χ2n) is 5.61. The van der Waals surface area contributed by atoms with Crippen molar-refractivity contribution in [3.05, 3.63) is 29.8 Å². The van der Waals surface area contributed by atoms with E-state index < -0.39 is 6.10 Å². The Bertz CT molecular complexity index is 445. The zero-order chi connectivity index (χ0) is 15.8. The Morgan fingerprint density at radius 1 is 1.33 bits per heavy atom. The van der Waals surface area contributed by atoms with Gasteiger partial charge in [0, 0.05) is 12.6 Å². The molecule has 1 amide bonds. The summed E-state index contributed by atoms with van der Waals surface area (Å²) in [6.07, 6.45) is 0.805. The lowest BCUT2D eigenvalue weighted by Crippen LogP contribution is -2.42. The predicted molar refractivity (Wildman–Crippen MR) is 84.5 cm³/mol. The molecule has 0 aliphatic rings. The van der Waals surface area contributed by atoms with Crippen molar-refractivity contribution in [1.82, 2.24) is 5.32 Å². The number of carbonyl (C=O) groups excluding carboxylic acids is 1. The summed E-state index contributed by atoms with van der Waals surface area (Å²) in [6, 6.07) is 7.82. The van der Waals surface area contributed by atoms with Crippen LogP contribution in [0, 0.1) is 0 Å². The van der Waals surface area contributed by atoms with E-state index in [0.717, 1.165) is 6.42 Å². The molecule has 2 atom stereocenters. The zero-order valence-corrected chi connectivity index (χ0v) is 13.4. The van der Waals surface area contributed by atoms with Gasteiger partial charge in [-0.05, 0) is 43.4 Å². The molecule has 118 valence electrons. The number of amides is 1. The van der Waals surface area contributed by atoms with E-state index in [-0.39, 0.29) is 18.6 Å². The van der Waals surface area contributed by atoms with Gasteiger partial charge in [0.2, 0.25) is 0 Å². The number of rotatable bonds is 8. The first-order valence-corrected chi connectivity index (χ1v) is 7.65. The van der Waals surface area contributed by atoms with E-state index in [0.29, 0.717) is 18.1 Å². The highest BCUT2D eigenvalue weighted by atomic mass is 16.5. The number of benzene rings is 1. The van der Waals surface area contributed by atoms with Crippen LogP contribution in [0.15, 0.2) is 24.3 Å². The second kappa shape index (κ2) is 8.67. The fourth-order valence-corrected chi connectivity index (χ4v) is 2.06. The van der Waals surface area contributed by atoms with Crippen molar-refractivity contribution in [1.29, 1.82) is 0 Å². The number of nitrogens with one attached hydrogen (secondary N) is 1. The lowest BCUT2D eigenvalue weighted by molar-refractivity contribution is -0.128. The Balaban J connectivity index is 2.61. The van der Waals surface area contributed by atoms with Crippen LogP contribution in [0.3, 0.4) is 0 Å². The minimum absolute atomic E-state index is 0.00412. The summed E-state index contributed by atoms with van der Waals surface area (Å²) >= 11 is 0. The molecular formula is C17H27NO3. The molecule has 1 aromatic carbocycles. The number of aliphatic hydroxyl groups excluding tert-OH is 1. The molecule has 4 heteroatoms. The van der Waals surface area contributed by atoms with E-state index in [1.165, 1.54) is 5.56 Å². The fourth-order valence-electron chi connectivity index (χ4n) is 2.06. The maximum atomic E-state index is 12.1. The molecule has 0 heterocycles. The second-order valence-corrected chi connectivity index (χ2v) is 5.61. The third-order valence-corrected chi connectivity index (χ3v) is 3.52. The smallest absolute Gasteiger partial charge is 0.260 e. The standard InChI is InChI=1S/C17H27NO3/c1-5-15(9-10-19)18-17(20)13(4)21-16-8-6-7-14(11-16)12(2)3/h6-8,11-13,15,19H,5,9-10H2,1-4H3,(H,18,20). The number of ether oxygens (including phenoxy) is 1. The van der Waals surface area contributed by atoms with E-state index in [9.17, 15) is 4.79 Å². The quantitative estimate of drug-likeness (QED) is 0.775. The molecule has 0 bridgehead atoms. The van der Waals surface area contributed by atoms with E-state index in [4.69, 9.17) is 9.84 Å². The minimum atomic E-state index is -0.555. The summed E-state index contributed by atoms with van der Waals surface area (Å²) in [5, 5.41) is 11.9. The van der Waals surface area contributed by atoms with Gasteiger partial charge in [-0.1, -0.05) is 32.9 Å². The van der Waals surface area contributed by atoms with Gasteiger partial charge in [-0.3, -0.25) is 4.79 Å². The van der Waals surface area contributed by atoms with Crippen LogP contribution < -0.4 is 10.1 Å². The average molecular weight is 293 g/mol. The summed E-state index contributed by atoms with van der Waals surface area (Å²) in [5.41, 5.74) is 1.19. The van der Waals surface area contributed by atoms with E-state index in [1.807, 2.05) is 25.1 Å². The van der Waals surface area contributed by atoms with Crippen LogP contribution in [0.25, 0.3) is 0 Å². The van der Waals surface area contributed by atoms with Gasteiger partial charge in [-0.2, -0.15) is 0 Å². The molecule has 0 fully saturated rings. The van der Waals surface area contributed by atoms with E-state index in [2.05, 4.69) is 25.2 Å². The van der Waals surface area contributed by atoms with Crippen LogP contribution >= 0.6 is 0 Å². The molecule has 0 aliphatic carbocycles. The highest BCUT2D eigenvalue weighted by Gasteiger charge is 2.18. The van der Waals surface area contributed by atoms with Crippen LogP contribution in [-0.4, -0.2) is 29.8 Å². The van der Waals surface area contributed by atoms with Gasteiger partial charge >= 0.3 is 0 Å². The van der Waals surface area contributed by atoms with Gasteiger partial charge in [0.15, 0.2) is 6.10 Å². The van der Waals surface area contributed by atoms with Crippen LogP contribution in [0.4, 0.5) is 0 Å². The summed E-state index contributed by atoms with van der Waals surface area (Å²) in [7, 11) is 0. The Labute approximate surface area is 127 Å². The first-order valence-electron chi connectivity index (χ1n) is 7.65. The highest BCUT2D eigenvalue weighted by molar-refractivity contribution is 5.81. The number of hydrogen-bond acceptors (Lipinski definition) is 3. The van der Waals surface area contributed by atoms with Crippen LogP contribution in [-0.2, 0) is 4.79 Å². The predicted octanol–water partition coefficient (Wildman–Crippen LogP) is 2.85. The molecule has 0 aliphatic heterocycles. The minimum Gasteiger partial charge on any atom is -0.481 e. The van der Waals surface area contributed by atoms with E-state index in [1.54, 1.807) is 6.92 Å². The third kappa shape index (κ3) is 5.76. The largest absolute Gasteiger partial charge is 0.481 e. The number of hydrogen-bond donors (Lipinski definition) is 2. The van der Waals surface area contributed by atoms with E-state index >= 15 is 0 Å². The molecule has 2 N–H and O–H groups in total. The Morgan fingerprint density at radius 2 is 2.05 bits per heavy atom. The zero-order valence-electron chi connectivity index (χ0n) is 13.4. The Kier molecular flexibility index (Phi) is 7.23. The van der Waals surface area contributed by atoms with Gasteiger partial charge < -0.3 is 15.2 Å². The van der Waals surface area contributed by atoms with Gasteiger partial charge in [-0.15, -0.1) is 0 Å². The van der Waals surface area contributed by atoms with Crippen LogP contribution in [0.1, 0.15) is 52.0 Å². The summed E-state index contributed by atoms with van der Waals surface area (Å²) in [6.45, 7) is 8.04. The first kappa shape index (κ1) is 17.5. The van der Waals surface area contributed by atoms with Crippen molar-refractivity contribution in [3.63, 3.8) is 0 Å². The van der Waals surface area contributed by atoms with Gasteiger partial charge in [-0.25, -0.2) is 0 Å². The number of carbonyl (C=O) groups is 1. The lowest BCUT2D eigenvalue weighted by Gasteiger charge is -2.20. The Hall–Kier alpha value is -1.55. The van der Waals surface area contributed by atoms with Crippen molar-refractivity contribution in [2.45, 2.75) is 58.6 Å². The van der Waals surface area contributed by atoms with Gasteiger partial charge in [0.05, 0.1) is 0 Å². The average Bonchev–Trinajstić information content (AvgIpc) is 2.46. The molecule has 4 nitrogen and oxygen atoms in total. The molecular weight excluding hydrogens is 266 g/mol. The van der Waals surface area contributed by atoms with Crippen molar-refractivity contribution in [3.8, 4) is 5.75 Å². The van der Waals surface area contributed by atoms with Crippen molar-refractivity contribution >= 4 is 5.91 Å². The Morgan fingerprint density at radius 3 is 2.62 bits per heavy atom. The molecule has 1 rings (SSSR count). The topological polar surface area (TPSA) is 58.6 Å². The lowest BCUT2D eigenvalue weighted by atomic mass is 10.0. The fraction of sp³-hybridized carbons (Fsp3) is 0.588. The summed E-state index contributed by atoms with van der Waals surface area (Å²) < 4.78 is 5.72. The molecule has 2 unspecified atom stereocenters. The maximum absolute atomic E-state index is 12.1. The van der Waals surface area contributed by atoms with Crippen molar-refractivity contribution in [2.75, 3.05) is 6.61 Å². The van der Waals surface area contributed by atoms with Crippen molar-refractivity contribution in [2.24, 2.45) is 0 Å². The highest BCUT2D eigenvalue weighted by Crippen LogP contribution is 2.21. The SMILES string of the molecule is CCC(CCO)NC(=O)C(C)Oc1cccc(C(C)C)c1. The molecule has 0 aromatic heterocycles. The molecule has 0 saturated heterocycles. The first-order chi connectivity index (χ1) is 9.97. The molecule has 0 saturated carbocycles. The number of aliphatic hydroxyl groups is 1. The monoisotopic (exact) mass is 293 g/mol. The van der Waals surface area contributed by atoms with Crippen molar-refractivity contribution < 1.29 is 14.6 Å².